The van der Waals surface area contributed by atoms with Crippen LogP contribution in [0.15, 0.2) is 0 Å². The largest absolute Gasteiger partial charge is 0.456 e. The lowest BCUT2D eigenvalue weighted by Gasteiger charge is -2.50. The predicted octanol–water partition coefficient (Wildman–Crippen LogP) is 3.21. The van der Waals surface area contributed by atoms with Crippen molar-refractivity contribution in [1.29, 1.82) is 0 Å². The number of ether oxygens (including phenoxy) is 11. The number of esters is 3. The number of aliphatic hydroxyl groups excluding tert-OH is 8. The first kappa shape index (κ1) is 67.9. The van der Waals surface area contributed by atoms with Crippen LogP contribution in [0.2, 0.25) is 0 Å². The monoisotopic (exact) mass is 1120 g/mol. The lowest BCUT2D eigenvalue weighted by atomic mass is 9.95. The molecule has 0 bridgehead atoms. The van der Waals surface area contributed by atoms with Gasteiger partial charge in [0.15, 0.2) is 49.6 Å². The Kier molecular flexibility index (Phi) is 30.9. The first-order valence-electron chi connectivity index (χ1n) is 28.9. The third kappa shape index (κ3) is 20.7. The molecule has 23 nitrogen and oxygen atoms in total. The lowest BCUT2D eigenvalue weighted by Crippen LogP contribution is -2.68. The van der Waals surface area contributed by atoms with E-state index in [4.69, 9.17) is 52.1 Å². The van der Waals surface area contributed by atoms with E-state index in [-0.39, 0.29) is 25.0 Å². The van der Waals surface area contributed by atoms with Gasteiger partial charge in [0.25, 0.3) is 0 Å². The molecule has 23 heteroatoms. The van der Waals surface area contributed by atoms with Crippen molar-refractivity contribution < 1.29 is 112 Å². The number of rotatable bonds is 35. The van der Waals surface area contributed by atoms with Crippen molar-refractivity contribution in [2.24, 2.45) is 0 Å². The van der Waals surface area contributed by atoms with Crippen molar-refractivity contribution >= 4 is 23.7 Å². The van der Waals surface area contributed by atoms with Crippen LogP contribution in [0, 0.1) is 0 Å². The number of Topliss-reactive ketones (excluding diaryl/α,β-unsaturated/α-hetero) is 1. The summed E-state index contributed by atoms with van der Waals surface area (Å²) in [5.41, 5.74) is 0. The maximum absolute atomic E-state index is 13.8. The van der Waals surface area contributed by atoms with E-state index >= 15 is 0 Å². The highest BCUT2D eigenvalue weighted by Gasteiger charge is 2.58. The predicted molar refractivity (Wildman–Crippen MR) is 276 cm³/mol. The molecule has 4 fully saturated rings. The molecule has 4 aliphatic heterocycles. The number of carbonyl (C=O) groups excluding carboxylic acids is 4. The Morgan fingerprint density at radius 1 is 0.436 bits per heavy atom. The van der Waals surface area contributed by atoms with Gasteiger partial charge in [-0.2, -0.15) is 0 Å². The second-order valence-electron chi connectivity index (χ2n) is 21.4. The van der Waals surface area contributed by atoms with Crippen molar-refractivity contribution in [2.45, 2.75) is 312 Å². The van der Waals surface area contributed by atoms with Gasteiger partial charge in [-0.15, -0.1) is 0 Å². The highest BCUT2D eigenvalue weighted by atomic mass is 16.8. The van der Waals surface area contributed by atoms with E-state index in [0.717, 1.165) is 77.0 Å². The molecule has 4 saturated heterocycles. The Morgan fingerprint density at radius 2 is 0.936 bits per heavy atom. The molecule has 8 N–H and O–H groups in total. The average Bonchev–Trinajstić information content (AvgIpc) is 3.42. The van der Waals surface area contributed by atoms with Gasteiger partial charge in [0.05, 0.1) is 31.5 Å². The quantitative estimate of drug-likeness (QED) is 0.0257. The molecule has 0 aromatic carbocycles. The van der Waals surface area contributed by atoms with Gasteiger partial charge in [0.1, 0.15) is 66.8 Å². The maximum atomic E-state index is 13.8. The molecule has 78 heavy (non-hydrogen) atoms. The van der Waals surface area contributed by atoms with E-state index in [1.807, 2.05) is 0 Å². The average molecular weight is 1130 g/mol. The van der Waals surface area contributed by atoms with E-state index in [0.29, 0.717) is 38.5 Å². The second kappa shape index (κ2) is 35.4. The Labute approximate surface area is 460 Å². The van der Waals surface area contributed by atoms with E-state index in [9.17, 15) is 60.0 Å². The standard InChI is InChI=1S/C55H96O23/c1-8-12-13-14-15-18-21-27-34(28-22-19-16-17-20-26-31(5)57)71-54-49(44(65)42(63)35(29-56)72-54)77-55-51(78-53-46(67)48(41(62)33(7)70-53)75-38(59)24-10-3)50(76-39(60)25-11-4)47(74-37(58)23-9-2)36(73-55)30-68-52-45(66)43(64)40(61)32(6)69-52/h32-36,40-56,61-67H,8-30H2,1-7H3/t32-,33+,34-,35-,36-,40+,41+,42-,43+,44+,45+,46+,47-,48-,49-,50+,51-,52-,53+,54-,55+/m1/s1. The summed E-state index contributed by atoms with van der Waals surface area (Å²) in [7, 11) is 0. The number of carbonyl (C=O) groups is 4. The van der Waals surface area contributed by atoms with E-state index in [2.05, 4.69) is 6.92 Å². The smallest absolute Gasteiger partial charge is 0.306 e. The summed E-state index contributed by atoms with van der Waals surface area (Å²) in [6, 6.07) is 0. The summed E-state index contributed by atoms with van der Waals surface area (Å²) in [4.78, 5) is 51.8. The van der Waals surface area contributed by atoms with Crippen molar-refractivity contribution in [3.63, 3.8) is 0 Å². The Hall–Kier alpha value is -2.56. The van der Waals surface area contributed by atoms with Gasteiger partial charge in [0.2, 0.25) is 0 Å². The van der Waals surface area contributed by atoms with Crippen LogP contribution in [0.5, 0.6) is 0 Å². The Bertz CT molecular complexity index is 1730. The zero-order chi connectivity index (χ0) is 57.5. The molecule has 0 unspecified atom stereocenters. The summed E-state index contributed by atoms with van der Waals surface area (Å²) in [6.45, 7) is 10.4. The minimum absolute atomic E-state index is 0.0473. The van der Waals surface area contributed by atoms with Gasteiger partial charge in [-0.25, -0.2) is 0 Å². The zero-order valence-electron chi connectivity index (χ0n) is 47.1. The fourth-order valence-electron chi connectivity index (χ4n) is 10.1. The summed E-state index contributed by atoms with van der Waals surface area (Å²) >= 11 is 0. The maximum Gasteiger partial charge on any atom is 0.306 e. The van der Waals surface area contributed by atoms with Gasteiger partial charge >= 0.3 is 17.9 Å². The molecular formula is C55H96O23. The summed E-state index contributed by atoms with van der Waals surface area (Å²) in [5, 5.41) is 89.0. The molecule has 0 aromatic heterocycles. The molecule has 454 valence electrons. The van der Waals surface area contributed by atoms with Crippen LogP contribution in [0.3, 0.4) is 0 Å². The van der Waals surface area contributed by atoms with E-state index < -0.39 is 160 Å². The number of hydrogen-bond acceptors (Lipinski definition) is 23. The molecule has 0 aromatic rings. The third-order valence-corrected chi connectivity index (χ3v) is 14.7. The van der Waals surface area contributed by atoms with Crippen LogP contribution in [0.4, 0.5) is 0 Å². The second-order valence-corrected chi connectivity index (χ2v) is 21.4. The molecule has 0 amide bonds. The third-order valence-electron chi connectivity index (χ3n) is 14.7. The van der Waals surface area contributed by atoms with Crippen LogP contribution in [-0.2, 0) is 71.3 Å². The minimum Gasteiger partial charge on any atom is -0.456 e. The lowest BCUT2D eigenvalue weighted by molar-refractivity contribution is -0.397. The van der Waals surface area contributed by atoms with Crippen molar-refractivity contribution in [3.8, 4) is 0 Å². The molecule has 0 aliphatic carbocycles. The van der Waals surface area contributed by atoms with Gasteiger partial charge in [-0.1, -0.05) is 98.3 Å². The molecular weight excluding hydrogens is 1030 g/mol. The molecule has 4 aliphatic rings. The summed E-state index contributed by atoms with van der Waals surface area (Å²) in [5.74, 6) is -2.20. The van der Waals surface area contributed by atoms with Crippen LogP contribution in [-0.4, -0.2) is 207 Å². The fraction of sp³-hybridized carbons (Fsp3) is 0.927. The van der Waals surface area contributed by atoms with Crippen LogP contribution in [0.1, 0.15) is 183 Å². The molecule has 0 radical (unpaired) electrons. The van der Waals surface area contributed by atoms with E-state index in [1.54, 1.807) is 27.7 Å². The summed E-state index contributed by atoms with van der Waals surface area (Å²) in [6.07, 6.45) is -19.5. The van der Waals surface area contributed by atoms with Gasteiger partial charge < -0.3 is 97.8 Å². The van der Waals surface area contributed by atoms with Crippen LogP contribution < -0.4 is 0 Å². The number of hydrogen-bond donors (Lipinski definition) is 8. The normalized spacial score (nSPS) is 35.7. The molecule has 4 heterocycles. The topological polar surface area (TPSA) is 332 Å². The van der Waals surface area contributed by atoms with Crippen molar-refractivity contribution in [2.75, 3.05) is 13.2 Å². The van der Waals surface area contributed by atoms with Crippen molar-refractivity contribution in [1.82, 2.24) is 0 Å². The van der Waals surface area contributed by atoms with Crippen LogP contribution in [0.25, 0.3) is 0 Å². The molecule has 4 rings (SSSR count). The Balaban J connectivity index is 1.82. The first-order chi connectivity index (χ1) is 37.3. The van der Waals surface area contributed by atoms with Gasteiger partial charge in [-0.3, -0.25) is 14.4 Å². The zero-order valence-corrected chi connectivity index (χ0v) is 47.1. The highest BCUT2D eigenvalue weighted by Crippen LogP contribution is 2.38. The highest BCUT2D eigenvalue weighted by molar-refractivity contribution is 5.75. The van der Waals surface area contributed by atoms with Crippen molar-refractivity contribution in [3.05, 3.63) is 0 Å². The number of aliphatic hydroxyl groups is 8. The van der Waals surface area contributed by atoms with E-state index in [1.165, 1.54) is 13.8 Å². The summed E-state index contributed by atoms with van der Waals surface area (Å²) < 4.78 is 68.2. The van der Waals surface area contributed by atoms with Gasteiger partial charge in [-0.05, 0) is 59.3 Å². The molecule has 0 saturated carbocycles. The SMILES string of the molecule is CCCCCCCCC[C@H](CCCCCCCC(C)=O)O[C@@H]1O[C@H](CO)[C@@H](O)[C@H](O)[C@H]1O[C@@H]1O[C@H](CO[C@@H]2O[C@H](C)[C@H](O)[C@H](O)[C@@H]2O)[C@@H](OC(=O)CCC)[C@H](OC(=O)CCC)[C@H]1O[C@@H]1O[C@@H](C)[C@H](O)[C@@H](OC(=O)CCC)[C@@H]1O. The molecule has 21 atom stereocenters. The fourth-order valence-corrected chi connectivity index (χ4v) is 10.1. The minimum atomic E-state index is -1.93. The molecule has 0 spiro atoms. The first-order valence-corrected chi connectivity index (χ1v) is 28.9. The van der Waals surface area contributed by atoms with Gasteiger partial charge in [0, 0.05) is 25.7 Å². The van der Waals surface area contributed by atoms with Crippen LogP contribution >= 0.6 is 0 Å². The Morgan fingerprint density at radius 3 is 1.50 bits per heavy atom. The number of unbranched alkanes of at least 4 members (excludes halogenated alkanes) is 10. The number of ketones is 1.